The van der Waals surface area contributed by atoms with Crippen LogP contribution in [0.1, 0.15) is 33.3 Å². The van der Waals surface area contributed by atoms with Gasteiger partial charge in [-0.05, 0) is 45.3 Å². The van der Waals surface area contributed by atoms with Crippen LogP contribution in [0.2, 0.25) is 0 Å². The first-order chi connectivity index (χ1) is 10.7. The van der Waals surface area contributed by atoms with Crippen molar-refractivity contribution in [2.24, 2.45) is 0 Å². The average molecular weight is 310 g/mol. The van der Waals surface area contributed by atoms with Crippen LogP contribution >= 0.6 is 0 Å². The van der Waals surface area contributed by atoms with Crippen molar-refractivity contribution in [3.63, 3.8) is 0 Å². The molecule has 0 saturated carbocycles. The lowest BCUT2D eigenvalue weighted by Crippen LogP contribution is -2.41. The summed E-state index contributed by atoms with van der Waals surface area (Å²) < 4.78 is 13.6. The van der Waals surface area contributed by atoms with Crippen molar-refractivity contribution in [1.29, 1.82) is 5.26 Å². The Kier molecular flexibility index (Phi) is 3.47. The fourth-order valence-electron chi connectivity index (χ4n) is 2.40. The lowest BCUT2D eigenvalue weighted by molar-refractivity contribution is 0.00578. The number of nitrogens with zero attached hydrogens (tertiary/aromatic N) is 3. The summed E-state index contributed by atoms with van der Waals surface area (Å²) in [5, 5.41) is 13.1. The zero-order valence-electron chi connectivity index (χ0n) is 13.7. The lowest BCUT2D eigenvalue weighted by atomic mass is 9.79. The molecule has 1 aromatic heterocycles. The van der Waals surface area contributed by atoms with Crippen LogP contribution in [0.25, 0.3) is 5.69 Å². The van der Waals surface area contributed by atoms with Crippen molar-refractivity contribution in [3.05, 3.63) is 36.0 Å². The van der Waals surface area contributed by atoms with Gasteiger partial charge in [0.1, 0.15) is 17.5 Å². The van der Waals surface area contributed by atoms with Gasteiger partial charge in [-0.15, -0.1) is 0 Å². The van der Waals surface area contributed by atoms with Gasteiger partial charge in [-0.2, -0.15) is 10.4 Å². The number of hydrogen-bond donors (Lipinski definition) is 1. The SMILES string of the molecule is CC1(C)OB(c2ccc(-n3ncc(C#N)c3N)cc2)OC1(C)C. The van der Waals surface area contributed by atoms with Gasteiger partial charge < -0.3 is 15.0 Å². The minimum atomic E-state index is -0.404. The highest BCUT2D eigenvalue weighted by atomic mass is 16.7. The molecule has 0 bridgehead atoms. The molecule has 1 fully saturated rings. The van der Waals surface area contributed by atoms with Gasteiger partial charge in [0.25, 0.3) is 0 Å². The van der Waals surface area contributed by atoms with E-state index in [1.807, 2.05) is 58.0 Å². The molecule has 0 unspecified atom stereocenters. The summed E-state index contributed by atoms with van der Waals surface area (Å²) in [6, 6.07) is 9.61. The number of nitrogen functional groups attached to an aromatic ring is 1. The summed E-state index contributed by atoms with van der Waals surface area (Å²) in [4.78, 5) is 0. The summed E-state index contributed by atoms with van der Waals surface area (Å²) in [6.45, 7) is 8.09. The van der Waals surface area contributed by atoms with Crippen molar-refractivity contribution < 1.29 is 9.31 Å². The number of hydrogen-bond acceptors (Lipinski definition) is 5. The van der Waals surface area contributed by atoms with E-state index >= 15 is 0 Å². The summed E-state index contributed by atoms with van der Waals surface area (Å²) >= 11 is 0. The summed E-state index contributed by atoms with van der Waals surface area (Å²) in [6.07, 6.45) is 1.46. The van der Waals surface area contributed by atoms with Gasteiger partial charge >= 0.3 is 7.12 Å². The first-order valence-corrected chi connectivity index (χ1v) is 7.45. The maximum Gasteiger partial charge on any atom is 0.494 e. The molecule has 0 amide bonds. The van der Waals surface area contributed by atoms with E-state index in [1.54, 1.807) is 0 Å². The van der Waals surface area contributed by atoms with E-state index in [4.69, 9.17) is 20.3 Å². The van der Waals surface area contributed by atoms with Crippen LogP contribution in [-0.4, -0.2) is 28.1 Å². The van der Waals surface area contributed by atoms with E-state index in [1.165, 1.54) is 10.9 Å². The normalized spacial score (nSPS) is 18.8. The number of nitriles is 1. The van der Waals surface area contributed by atoms with E-state index in [-0.39, 0.29) is 11.2 Å². The average Bonchev–Trinajstić information content (AvgIpc) is 2.96. The van der Waals surface area contributed by atoms with Gasteiger partial charge in [0.2, 0.25) is 0 Å². The first-order valence-electron chi connectivity index (χ1n) is 7.45. The molecule has 1 saturated heterocycles. The van der Waals surface area contributed by atoms with E-state index in [0.29, 0.717) is 11.4 Å². The van der Waals surface area contributed by atoms with Gasteiger partial charge in [-0.1, -0.05) is 12.1 Å². The topological polar surface area (TPSA) is 86.1 Å². The maximum absolute atomic E-state index is 8.95. The quantitative estimate of drug-likeness (QED) is 0.852. The highest BCUT2D eigenvalue weighted by molar-refractivity contribution is 6.62. The van der Waals surface area contributed by atoms with Crippen LogP contribution in [-0.2, 0) is 9.31 Å². The molecule has 0 radical (unpaired) electrons. The predicted molar refractivity (Wildman–Crippen MR) is 88.4 cm³/mol. The molecule has 0 spiro atoms. The van der Waals surface area contributed by atoms with Crippen LogP contribution in [0.5, 0.6) is 0 Å². The second-order valence-corrected chi connectivity index (χ2v) is 6.65. The minimum absolute atomic E-state index is 0.330. The molecule has 7 heteroatoms. The summed E-state index contributed by atoms with van der Waals surface area (Å²) in [7, 11) is -0.404. The van der Waals surface area contributed by atoms with Gasteiger partial charge in [0, 0.05) is 0 Å². The number of rotatable bonds is 2. The first kappa shape index (κ1) is 15.6. The van der Waals surface area contributed by atoms with Crippen LogP contribution < -0.4 is 11.2 Å². The van der Waals surface area contributed by atoms with Gasteiger partial charge in [0.05, 0.1) is 23.1 Å². The molecule has 6 nitrogen and oxygen atoms in total. The third-order valence-corrected chi connectivity index (χ3v) is 4.59. The maximum atomic E-state index is 8.95. The molecular weight excluding hydrogens is 291 g/mol. The Morgan fingerprint density at radius 3 is 2.17 bits per heavy atom. The largest absolute Gasteiger partial charge is 0.494 e. The Hall–Kier alpha value is -2.30. The van der Waals surface area contributed by atoms with Crippen molar-refractivity contribution >= 4 is 18.4 Å². The molecular formula is C16H19BN4O2. The Morgan fingerprint density at radius 1 is 1.13 bits per heavy atom. The molecule has 2 aromatic rings. The lowest BCUT2D eigenvalue weighted by Gasteiger charge is -2.32. The molecule has 2 N–H and O–H groups in total. The van der Waals surface area contributed by atoms with E-state index < -0.39 is 7.12 Å². The third-order valence-electron chi connectivity index (χ3n) is 4.59. The van der Waals surface area contributed by atoms with Crippen LogP contribution in [0.3, 0.4) is 0 Å². The molecule has 1 aliphatic rings. The Balaban J connectivity index is 1.86. The Morgan fingerprint density at radius 2 is 1.70 bits per heavy atom. The van der Waals surface area contributed by atoms with Crippen LogP contribution in [0.4, 0.5) is 5.82 Å². The molecule has 23 heavy (non-hydrogen) atoms. The molecule has 118 valence electrons. The number of benzene rings is 1. The fourth-order valence-corrected chi connectivity index (χ4v) is 2.40. The smallest absolute Gasteiger partial charge is 0.399 e. The molecule has 0 aliphatic carbocycles. The van der Waals surface area contributed by atoms with Gasteiger partial charge in [0.15, 0.2) is 0 Å². The van der Waals surface area contributed by atoms with Crippen LogP contribution in [0.15, 0.2) is 30.5 Å². The minimum Gasteiger partial charge on any atom is -0.399 e. The monoisotopic (exact) mass is 310 g/mol. The van der Waals surface area contributed by atoms with Crippen molar-refractivity contribution in [2.75, 3.05) is 5.73 Å². The second-order valence-electron chi connectivity index (χ2n) is 6.65. The zero-order chi connectivity index (χ0) is 16.8. The molecule has 3 rings (SSSR count). The molecule has 1 aliphatic heterocycles. The van der Waals surface area contributed by atoms with Crippen molar-refractivity contribution in [2.45, 2.75) is 38.9 Å². The second kappa shape index (κ2) is 5.12. The van der Waals surface area contributed by atoms with Crippen LogP contribution in [0, 0.1) is 11.3 Å². The predicted octanol–water partition coefficient (Wildman–Crippen LogP) is 1.63. The number of anilines is 1. The van der Waals surface area contributed by atoms with Gasteiger partial charge in [-0.3, -0.25) is 0 Å². The van der Waals surface area contributed by atoms with Crippen molar-refractivity contribution in [1.82, 2.24) is 9.78 Å². The third kappa shape index (κ3) is 2.50. The molecule has 0 atom stereocenters. The highest BCUT2D eigenvalue weighted by Crippen LogP contribution is 2.36. The Bertz CT molecular complexity index is 758. The standard InChI is InChI=1S/C16H19BN4O2/c1-15(2)16(3,4)23-17(22-15)12-5-7-13(8-6-12)21-14(19)11(9-18)10-20-21/h5-8,10H,19H2,1-4H3. The van der Waals surface area contributed by atoms with E-state index in [9.17, 15) is 0 Å². The number of nitrogens with two attached hydrogens (primary N) is 1. The molecule has 2 heterocycles. The van der Waals surface area contributed by atoms with Gasteiger partial charge in [-0.25, -0.2) is 4.68 Å². The fraction of sp³-hybridized carbons (Fsp3) is 0.375. The highest BCUT2D eigenvalue weighted by Gasteiger charge is 2.51. The van der Waals surface area contributed by atoms with E-state index in [0.717, 1.165) is 11.2 Å². The zero-order valence-corrected chi connectivity index (χ0v) is 13.7. The van der Waals surface area contributed by atoms with Crippen molar-refractivity contribution in [3.8, 4) is 11.8 Å². The number of aromatic nitrogens is 2. The Labute approximate surface area is 135 Å². The molecule has 1 aromatic carbocycles. The summed E-state index contributed by atoms with van der Waals surface area (Å²) in [5.74, 6) is 0.330. The van der Waals surface area contributed by atoms with E-state index in [2.05, 4.69) is 5.10 Å². The summed E-state index contributed by atoms with van der Waals surface area (Å²) in [5.41, 5.74) is 7.24.